The third-order valence-electron chi connectivity index (χ3n) is 8.30. The lowest BCUT2D eigenvalue weighted by Gasteiger charge is -2.36. The Labute approximate surface area is 262 Å². The molecule has 3 aromatic carbocycles. The molecule has 0 bridgehead atoms. The van der Waals surface area contributed by atoms with Crippen LogP contribution in [0.5, 0.6) is 5.75 Å². The van der Waals surface area contributed by atoms with Gasteiger partial charge in [0.2, 0.25) is 5.91 Å². The first-order chi connectivity index (χ1) is 22.1. The minimum absolute atomic E-state index is 0.126. The smallest absolute Gasteiger partial charge is 0.252 e. The van der Waals surface area contributed by atoms with Crippen LogP contribution < -0.4 is 10.1 Å². The number of aromatic nitrogens is 2. The van der Waals surface area contributed by atoms with Crippen LogP contribution in [0.15, 0.2) is 116 Å². The van der Waals surface area contributed by atoms with Crippen LogP contribution in [0.4, 0.5) is 0 Å². The average Bonchev–Trinajstić information content (AvgIpc) is 3.11. The second-order valence-electron chi connectivity index (χ2n) is 11.2. The third-order valence-corrected chi connectivity index (χ3v) is 8.30. The molecular weight excluding hydrogens is 562 g/mol. The Hall–Kier alpha value is -5.55. The van der Waals surface area contributed by atoms with E-state index < -0.39 is 6.04 Å². The zero-order valence-corrected chi connectivity index (χ0v) is 24.8. The summed E-state index contributed by atoms with van der Waals surface area (Å²) in [4.78, 5) is 38.1. The monoisotopic (exact) mass is 595 g/mol. The zero-order valence-electron chi connectivity index (χ0n) is 24.8. The molecule has 3 heterocycles. The van der Waals surface area contributed by atoms with E-state index in [-0.39, 0.29) is 30.3 Å². The molecule has 1 aliphatic heterocycles. The number of hydrogen-bond donors (Lipinski definition) is 1. The predicted molar refractivity (Wildman–Crippen MR) is 171 cm³/mol. The average molecular weight is 596 g/mol. The molecule has 1 aliphatic rings. The number of likely N-dealkylation sites (tertiary alicyclic amines) is 1. The third kappa shape index (κ3) is 7.00. The Morgan fingerprint density at radius 3 is 2.47 bits per heavy atom. The van der Waals surface area contributed by atoms with Gasteiger partial charge in [-0.15, -0.1) is 0 Å². The summed E-state index contributed by atoms with van der Waals surface area (Å²) in [5.41, 5.74) is 3.67. The first kappa shape index (κ1) is 29.5. The normalized spacial score (nSPS) is 14.7. The summed E-state index contributed by atoms with van der Waals surface area (Å²) in [7, 11) is 0. The number of ether oxygens (including phenoxy) is 1. The summed E-state index contributed by atoms with van der Waals surface area (Å²) in [5, 5.41) is 13.9. The number of nitrogens with zero attached hydrogens (tertiary/aromatic N) is 4. The molecule has 0 spiro atoms. The SMILES string of the molecule is N#CC(c1cccnc1)C1CCN(C(=O)C(NC(=O)c2cccc(OCc3ccc4ccccc4n3)c2)c2ccccc2)CC1. The van der Waals surface area contributed by atoms with Gasteiger partial charge in [-0.3, -0.25) is 14.6 Å². The molecule has 6 rings (SSSR count). The van der Waals surface area contributed by atoms with E-state index in [1.165, 1.54) is 0 Å². The Kier molecular flexibility index (Phi) is 9.07. The molecule has 0 aliphatic carbocycles. The van der Waals surface area contributed by atoms with Gasteiger partial charge < -0.3 is 15.0 Å². The summed E-state index contributed by atoms with van der Waals surface area (Å²) in [6, 6.07) is 33.4. The van der Waals surface area contributed by atoms with Crippen molar-refractivity contribution in [2.45, 2.75) is 31.4 Å². The number of amides is 2. The summed E-state index contributed by atoms with van der Waals surface area (Å²) in [6.45, 7) is 1.27. The second kappa shape index (κ2) is 13.8. The van der Waals surface area contributed by atoms with Crippen molar-refractivity contribution in [3.63, 3.8) is 0 Å². The molecule has 0 radical (unpaired) electrons. The number of piperidine rings is 1. The molecule has 2 amide bonds. The van der Waals surface area contributed by atoms with Gasteiger partial charge in [0.1, 0.15) is 18.4 Å². The van der Waals surface area contributed by atoms with E-state index in [9.17, 15) is 14.9 Å². The molecule has 5 aromatic rings. The van der Waals surface area contributed by atoms with Crippen LogP contribution in [0.3, 0.4) is 0 Å². The molecule has 2 atom stereocenters. The number of hydrogen-bond acceptors (Lipinski definition) is 6. The lowest BCUT2D eigenvalue weighted by atomic mass is 9.81. The number of benzene rings is 3. The zero-order chi connectivity index (χ0) is 31.0. The lowest BCUT2D eigenvalue weighted by molar-refractivity contribution is -0.134. The van der Waals surface area contributed by atoms with E-state index in [1.54, 1.807) is 41.6 Å². The van der Waals surface area contributed by atoms with Gasteiger partial charge in [-0.25, -0.2) is 4.98 Å². The minimum atomic E-state index is -0.855. The predicted octanol–water partition coefficient (Wildman–Crippen LogP) is 6.23. The van der Waals surface area contributed by atoms with Crippen molar-refractivity contribution in [1.29, 1.82) is 5.26 Å². The number of nitriles is 1. The lowest BCUT2D eigenvalue weighted by Crippen LogP contribution is -2.46. The standard InChI is InChI=1S/C37H33N5O3/c38-23-33(30-12-7-19-39-24-30)26-17-20-42(21-18-26)37(44)35(28-9-2-1-3-10-28)41-36(43)29-11-6-13-32(22-29)45-25-31-16-15-27-8-4-5-14-34(27)40-31/h1-16,19,22,24,26,33,35H,17-18,20-21,25H2,(H,41,43). The number of para-hydroxylation sites is 1. The maximum Gasteiger partial charge on any atom is 0.252 e. The highest BCUT2D eigenvalue weighted by molar-refractivity contribution is 5.98. The van der Waals surface area contributed by atoms with Gasteiger partial charge in [-0.2, -0.15) is 5.26 Å². The summed E-state index contributed by atoms with van der Waals surface area (Å²) in [5.74, 6) is -0.157. The van der Waals surface area contributed by atoms with Crippen LogP contribution in [0, 0.1) is 17.2 Å². The van der Waals surface area contributed by atoms with Gasteiger partial charge in [0.15, 0.2) is 0 Å². The molecule has 1 fully saturated rings. The van der Waals surface area contributed by atoms with Crippen LogP contribution in [0.25, 0.3) is 10.9 Å². The number of pyridine rings is 2. The fraction of sp³-hybridized carbons (Fsp3) is 0.216. The van der Waals surface area contributed by atoms with Crippen molar-refractivity contribution in [3.05, 3.63) is 138 Å². The number of carbonyl (C=O) groups excluding carboxylic acids is 2. The van der Waals surface area contributed by atoms with Crippen molar-refractivity contribution in [2.75, 3.05) is 13.1 Å². The van der Waals surface area contributed by atoms with Gasteiger partial charge in [-0.1, -0.05) is 66.7 Å². The van der Waals surface area contributed by atoms with Gasteiger partial charge in [0, 0.05) is 36.4 Å². The number of nitrogens with one attached hydrogen (secondary N) is 1. The second-order valence-corrected chi connectivity index (χ2v) is 11.2. The Balaban J connectivity index is 1.12. The first-order valence-electron chi connectivity index (χ1n) is 15.1. The van der Waals surface area contributed by atoms with Gasteiger partial charge in [0.25, 0.3) is 5.91 Å². The topological polar surface area (TPSA) is 108 Å². The fourth-order valence-corrected chi connectivity index (χ4v) is 5.87. The van der Waals surface area contributed by atoms with Crippen molar-refractivity contribution in [3.8, 4) is 11.8 Å². The maximum absolute atomic E-state index is 13.9. The fourth-order valence-electron chi connectivity index (χ4n) is 5.87. The van der Waals surface area contributed by atoms with Crippen molar-refractivity contribution < 1.29 is 14.3 Å². The van der Waals surface area contributed by atoms with Crippen molar-refractivity contribution in [2.24, 2.45) is 5.92 Å². The number of carbonyl (C=O) groups is 2. The van der Waals surface area contributed by atoms with E-state index in [0.29, 0.717) is 42.8 Å². The molecule has 8 heteroatoms. The van der Waals surface area contributed by atoms with Gasteiger partial charge >= 0.3 is 0 Å². The highest BCUT2D eigenvalue weighted by atomic mass is 16.5. The highest BCUT2D eigenvalue weighted by Gasteiger charge is 2.33. The largest absolute Gasteiger partial charge is 0.487 e. The maximum atomic E-state index is 13.9. The van der Waals surface area contributed by atoms with Crippen molar-refractivity contribution >= 4 is 22.7 Å². The van der Waals surface area contributed by atoms with E-state index in [0.717, 1.165) is 22.2 Å². The first-order valence-corrected chi connectivity index (χ1v) is 15.1. The molecule has 1 saturated heterocycles. The number of rotatable bonds is 9. The van der Waals surface area contributed by atoms with Gasteiger partial charge in [0.05, 0.1) is 23.2 Å². The van der Waals surface area contributed by atoms with E-state index in [1.807, 2.05) is 78.9 Å². The van der Waals surface area contributed by atoms with Crippen LogP contribution in [-0.2, 0) is 11.4 Å². The van der Waals surface area contributed by atoms with Crippen molar-refractivity contribution in [1.82, 2.24) is 20.2 Å². The highest BCUT2D eigenvalue weighted by Crippen LogP contribution is 2.33. The molecule has 8 nitrogen and oxygen atoms in total. The number of fused-ring (bicyclic) bond motifs is 1. The van der Waals surface area contributed by atoms with Crippen LogP contribution in [0.2, 0.25) is 0 Å². The van der Waals surface area contributed by atoms with Crippen LogP contribution in [0.1, 0.15) is 52.0 Å². The van der Waals surface area contributed by atoms with Crippen LogP contribution in [-0.4, -0.2) is 39.8 Å². The molecule has 2 unspecified atom stereocenters. The Morgan fingerprint density at radius 1 is 0.911 bits per heavy atom. The molecule has 224 valence electrons. The minimum Gasteiger partial charge on any atom is -0.487 e. The van der Waals surface area contributed by atoms with E-state index in [2.05, 4.69) is 21.4 Å². The van der Waals surface area contributed by atoms with E-state index in [4.69, 9.17) is 4.74 Å². The summed E-state index contributed by atoms with van der Waals surface area (Å²) in [6.07, 6.45) is 4.83. The molecule has 0 saturated carbocycles. The summed E-state index contributed by atoms with van der Waals surface area (Å²) < 4.78 is 5.99. The van der Waals surface area contributed by atoms with Crippen LogP contribution >= 0.6 is 0 Å². The molecule has 1 N–H and O–H groups in total. The Bertz CT molecular complexity index is 1810. The summed E-state index contributed by atoms with van der Waals surface area (Å²) >= 11 is 0. The Morgan fingerprint density at radius 2 is 1.69 bits per heavy atom. The molecule has 2 aromatic heterocycles. The quantitative estimate of drug-likeness (QED) is 0.217. The molecular formula is C37H33N5O3. The van der Waals surface area contributed by atoms with E-state index >= 15 is 0 Å². The van der Waals surface area contributed by atoms with Gasteiger partial charge in [-0.05, 0) is 66.3 Å². The molecule has 45 heavy (non-hydrogen) atoms.